The highest BCUT2D eigenvalue weighted by Gasteiger charge is 2.30. The molecule has 1 saturated carbocycles. The van der Waals surface area contributed by atoms with E-state index in [4.69, 9.17) is 0 Å². The van der Waals surface area contributed by atoms with E-state index in [1.54, 1.807) is 0 Å². The van der Waals surface area contributed by atoms with Crippen LogP contribution >= 0.6 is 0 Å². The van der Waals surface area contributed by atoms with Crippen LogP contribution in [0.5, 0.6) is 0 Å². The Hall–Kier alpha value is -0.530. The fourth-order valence-corrected chi connectivity index (χ4v) is 1.05. The Morgan fingerprint density at radius 3 is 2.38 bits per heavy atom. The van der Waals surface area contributed by atoms with Gasteiger partial charge in [0.1, 0.15) is 0 Å². The zero-order valence-corrected chi connectivity index (χ0v) is 9.18. The van der Waals surface area contributed by atoms with Crippen molar-refractivity contribution in [2.24, 2.45) is 17.3 Å². The summed E-state index contributed by atoms with van der Waals surface area (Å²) in [5.41, 5.74) is 0.289. The average molecular weight is 183 g/mol. The molecule has 13 heavy (non-hydrogen) atoms. The van der Waals surface area contributed by atoms with Gasteiger partial charge in [0.25, 0.3) is 0 Å². The number of nitrogens with one attached hydrogen (secondary N) is 1. The zero-order valence-electron chi connectivity index (χ0n) is 9.18. The van der Waals surface area contributed by atoms with Crippen LogP contribution in [0.4, 0.5) is 0 Å². The van der Waals surface area contributed by atoms with E-state index in [0.717, 1.165) is 19.4 Å². The molecule has 0 aromatic heterocycles. The Morgan fingerprint density at radius 1 is 1.46 bits per heavy atom. The van der Waals surface area contributed by atoms with E-state index in [2.05, 4.69) is 33.0 Å². The van der Waals surface area contributed by atoms with E-state index in [-0.39, 0.29) is 11.3 Å². The van der Waals surface area contributed by atoms with Crippen molar-refractivity contribution in [3.05, 3.63) is 0 Å². The van der Waals surface area contributed by atoms with Crippen LogP contribution in [0.3, 0.4) is 0 Å². The van der Waals surface area contributed by atoms with Gasteiger partial charge in [0, 0.05) is 12.5 Å². The maximum atomic E-state index is 11.3. The molecule has 0 spiro atoms. The first kappa shape index (κ1) is 10.6. The topological polar surface area (TPSA) is 29.1 Å². The molecule has 2 heteroatoms. The largest absolute Gasteiger partial charge is 0.356 e. The van der Waals surface area contributed by atoms with Gasteiger partial charge in [-0.2, -0.15) is 0 Å². The van der Waals surface area contributed by atoms with Crippen LogP contribution in [0.25, 0.3) is 0 Å². The van der Waals surface area contributed by atoms with Crippen molar-refractivity contribution < 1.29 is 4.79 Å². The minimum atomic E-state index is 0.260. The van der Waals surface area contributed by atoms with Crippen LogP contribution in [0.2, 0.25) is 0 Å². The maximum absolute atomic E-state index is 11.3. The normalized spacial score (nSPS) is 19.7. The van der Waals surface area contributed by atoms with Gasteiger partial charge in [0.15, 0.2) is 0 Å². The summed E-state index contributed by atoms with van der Waals surface area (Å²) in [5.74, 6) is 1.14. The van der Waals surface area contributed by atoms with Crippen molar-refractivity contribution in [1.82, 2.24) is 5.32 Å². The predicted octanol–water partition coefficient (Wildman–Crippen LogP) is 2.19. The second-order valence-corrected chi connectivity index (χ2v) is 5.29. The van der Waals surface area contributed by atoms with Gasteiger partial charge in [-0.15, -0.1) is 0 Å². The second-order valence-electron chi connectivity index (χ2n) is 5.29. The zero-order chi connectivity index (χ0) is 10.1. The summed E-state index contributed by atoms with van der Waals surface area (Å²) in [5, 5.41) is 3.01. The molecule has 0 heterocycles. The minimum absolute atomic E-state index is 0.260. The average Bonchev–Trinajstić information content (AvgIpc) is 2.79. The van der Waals surface area contributed by atoms with Gasteiger partial charge in [-0.3, -0.25) is 4.79 Å². The standard InChI is InChI=1S/C11H21NO/c1-8(11(2,3)4)7-12-10(13)9-5-6-9/h8-9H,5-7H2,1-4H3,(H,12,13). The molecule has 1 aliphatic rings. The van der Waals surface area contributed by atoms with E-state index in [0.29, 0.717) is 11.8 Å². The molecular weight excluding hydrogens is 162 g/mol. The lowest BCUT2D eigenvalue weighted by molar-refractivity contribution is -0.122. The van der Waals surface area contributed by atoms with Crippen LogP contribution < -0.4 is 5.32 Å². The second kappa shape index (κ2) is 3.69. The third-order valence-corrected chi connectivity index (χ3v) is 3.01. The molecule has 0 aliphatic heterocycles. The van der Waals surface area contributed by atoms with Gasteiger partial charge >= 0.3 is 0 Å². The summed E-state index contributed by atoms with van der Waals surface area (Å²) in [6.45, 7) is 9.63. The summed E-state index contributed by atoms with van der Waals surface area (Å²) in [7, 11) is 0. The summed E-state index contributed by atoms with van der Waals surface area (Å²) < 4.78 is 0. The summed E-state index contributed by atoms with van der Waals surface area (Å²) in [4.78, 5) is 11.3. The Balaban J connectivity index is 2.21. The van der Waals surface area contributed by atoms with E-state index in [1.807, 2.05) is 0 Å². The molecule has 1 aliphatic carbocycles. The quantitative estimate of drug-likeness (QED) is 0.714. The molecule has 1 rings (SSSR count). The first-order chi connectivity index (χ1) is 5.91. The van der Waals surface area contributed by atoms with Gasteiger partial charge in [-0.25, -0.2) is 0 Å². The fourth-order valence-electron chi connectivity index (χ4n) is 1.05. The molecule has 0 aromatic carbocycles. The van der Waals surface area contributed by atoms with Crippen molar-refractivity contribution in [1.29, 1.82) is 0 Å². The Morgan fingerprint density at radius 2 is 2.00 bits per heavy atom. The molecule has 1 N–H and O–H groups in total. The van der Waals surface area contributed by atoms with E-state index in [1.165, 1.54) is 0 Å². The Kier molecular flexibility index (Phi) is 2.99. The summed E-state index contributed by atoms with van der Waals surface area (Å²) >= 11 is 0. The molecule has 0 aromatic rings. The van der Waals surface area contributed by atoms with Crippen molar-refractivity contribution in [3.63, 3.8) is 0 Å². The third-order valence-electron chi connectivity index (χ3n) is 3.01. The van der Waals surface area contributed by atoms with Gasteiger partial charge in [-0.1, -0.05) is 27.7 Å². The lowest BCUT2D eigenvalue weighted by Gasteiger charge is -2.27. The molecule has 0 saturated heterocycles. The van der Waals surface area contributed by atoms with Gasteiger partial charge < -0.3 is 5.32 Å². The van der Waals surface area contributed by atoms with Crippen LogP contribution in [-0.4, -0.2) is 12.5 Å². The number of rotatable bonds is 3. The SMILES string of the molecule is CC(CNC(=O)C1CC1)C(C)(C)C. The Bertz CT molecular complexity index is 189. The van der Waals surface area contributed by atoms with Crippen molar-refractivity contribution in [2.45, 2.75) is 40.5 Å². The first-order valence-corrected chi connectivity index (χ1v) is 5.19. The van der Waals surface area contributed by atoms with E-state index in [9.17, 15) is 4.79 Å². The first-order valence-electron chi connectivity index (χ1n) is 5.19. The highest BCUT2D eigenvalue weighted by atomic mass is 16.2. The molecule has 1 fully saturated rings. The van der Waals surface area contributed by atoms with E-state index >= 15 is 0 Å². The summed E-state index contributed by atoms with van der Waals surface area (Å²) in [6.07, 6.45) is 2.19. The molecule has 76 valence electrons. The van der Waals surface area contributed by atoms with Crippen LogP contribution in [-0.2, 0) is 4.79 Å². The third kappa shape index (κ3) is 3.37. The number of carbonyl (C=O) groups is 1. The number of hydrogen-bond acceptors (Lipinski definition) is 1. The highest BCUT2D eigenvalue weighted by Crippen LogP contribution is 2.29. The monoisotopic (exact) mass is 183 g/mol. The molecular formula is C11H21NO. The number of hydrogen-bond donors (Lipinski definition) is 1. The smallest absolute Gasteiger partial charge is 0.223 e. The Labute approximate surface area is 81.1 Å². The minimum Gasteiger partial charge on any atom is -0.356 e. The lowest BCUT2D eigenvalue weighted by Crippen LogP contribution is -2.34. The highest BCUT2D eigenvalue weighted by molar-refractivity contribution is 5.80. The van der Waals surface area contributed by atoms with Gasteiger partial charge in [0.05, 0.1) is 0 Å². The van der Waals surface area contributed by atoms with Crippen molar-refractivity contribution in [2.75, 3.05) is 6.54 Å². The number of carbonyl (C=O) groups excluding carboxylic acids is 1. The van der Waals surface area contributed by atoms with Crippen LogP contribution in [0.15, 0.2) is 0 Å². The van der Waals surface area contributed by atoms with Crippen molar-refractivity contribution in [3.8, 4) is 0 Å². The number of amides is 1. The van der Waals surface area contributed by atoms with Gasteiger partial charge in [0.2, 0.25) is 5.91 Å². The van der Waals surface area contributed by atoms with Crippen molar-refractivity contribution >= 4 is 5.91 Å². The fraction of sp³-hybridized carbons (Fsp3) is 0.909. The summed E-state index contributed by atoms with van der Waals surface area (Å²) in [6, 6.07) is 0. The molecule has 2 nitrogen and oxygen atoms in total. The molecule has 0 bridgehead atoms. The van der Waals surface area contributed by atoms with Crippen LogP contribution in [0, 0.1) is 17.3 Å². The molecule has 1 atom stereocenters. The maximum Gasteiger partial charge on any atom is 0.223 e. The molecule has 1 amide bonds. The predicted molar refractivity (Wildman–Crippen MR) is 54.4 cm³/mol. The van der Waals surface area contributed by atoms with Crippen LogP contribution in [0.1, 0.15) is 40.5 Å². The molecule has 1 unspecified atom stereocenters. The lowest BCUT2D eigenvalue weighted by atomic mass is 9.82. The van der Waals surface area contributed by atoms with E-state index < -0.39 is 0 Å². The molecule has 0 radical (unpaired) electrons. The van der Waals surface area contributed by atoms with Gasteiger partial charge in [-0.05, 0) is 24.2 Å².